The van der Waals surface area contributed by atoms with Crippen LogP contribution in [0.4, 0.5) is 0 Å². The van der Waals surface area contributed by atoms with Crippen LogP contribution in [0, 0.1) is 5.92 Å². The smallest absolute Gasteiger partial charge is 0.0718 e. The van der Waals surface area contributed by atoms with E-state index in [4.69, 9.17) is 0 Å². The second-order valence-corrected chi connectivity index (χ2v) is 6.24. The van der Waals surface area contributed by atoms with E-state index in [0.29, 0.717) is 6.04 Å². The van der Waals surface area contributed by atoms with Gasteiger partial charge in [-0.25, -0.2) is 0 Å². The van der Waals surface area contributed by atoms with Crippen LogP contribution in [-0.2, 0) is 0 Å². The second kappa shape index (κ2) is 5.03. The maximum absolute atomic E-state index is 9.93. The Balaban J connectivity index is 1.80. The Morgan fingerprint density at radius 3 is 2.50 bits per heavy atom. The molecule has 2 fully saturated rings. The summed E-state index contributed by atoms with van der Waals surface area (Å²) in [6, 6.07) is 0.654. The first kappa shape index (κ1) is 12.3. The molecule has 3 nitrogen and oxygen atoms in total. The quantitative estimate of drug-likeness (QED) is 0.715. The first-order valence-corrected chi connectivity index (χ1v) is 6.71. The standard InChI is InChI=1S/C13H26N2O/c1-13(2,16)10-15(8-11-5-6-11)9-12-4-3-7-14-12/h11-12,14,16H,3-10H2,1-2H3. The predicted octanol–water partition coefficient (Wildman–Crippen LogP) is 1.22. The van der Waals surface area contributed by atoms with Gasteiger partial charge in [0.1, 0.15) is 0 Å². The third-order valence-corrected chi connectivity index (χ3v) is 3.46. The minimum atomic E-state index is -0.562. The third kappa shape index (κ3) is 4.40. The van der Waals surface area contributed by atoms with Crippen LogP contribution in [0.2, 0.25) is 0 Å². The summed E-state index contributed by atoms with van der Waals surface area (Å²) in [5.74, 6) is 0.906. The molecule has 0 aromatic carbocycles. The first-order valence-electron chi connectivity index (χ1n) is 6.71. The second-order valence-electron chi connectivity index (χ2n) is 6.24. The van der Waals surface area contributed by atoms with Gasteiger partial charge in [-0.2, -0.15) is 0 Å². The molecular formula is C13H26N2O. The molecule has 0 aromatic heterocycles. The lowest BCUT2D eigenvalue weighted by atomic mass is 10.1. The molecule has 1 saturated heterocycles. The molecule has 94 valence electrons. The van der Waals surface area contributed by atoms with E-state index in [1.807, 2.05) is 13.8 Å². The van der Waals surface area contributed by atoms with Gasteiger partial charge >= 0.3 is 0 Å². The predicted molar refractivity (Wildman–Crippen MR) is 66.5 cm³/mol. The van der Waals surface area contributed by atoms with E-state index < -0.39 is 5.60 Å². The summed E-state index contributed by atoms with van der Waals surface area (Å²) < 4.78 is 0. The minimum absolute atomic E-state index is 0.562. The third-order valence-electron chi connectivity index (χ3n) is 3.46. The number of nitrogens with zero attached hydrogens (tertiary/aromatic N) is 1. The Morgan fingerprint density at radius 1 is 1.25 bits per heavy atom. The van der Waals surface area contributed by atoms with Crippen molar-refractivity contribution in [3.63, 3.8) is 0 Å². The van der Waals surface area contributed by atoms with Crippen molar-refractivity contribution < 1.29 is 5.11 Å². The molecule has 1 aliphatic heterocycles. The van der Waals surface area contributed by atoms with E-state index in [-0.39, 0.29) is 0 Å². The highest BCUT2D eigenvalue weighted by Crippen LogP contribution is 2.30. The summed E-state index contributed by atoms with van der Waals surface area (Å²) in [5.41, 5.74) is -0.562. The average Bonchev–Trinajstić information content (AvgIpc) is 2.78. The molecule has 1 aliphatic carbocycles. The van der Waals surface area contributed by atoms with E-state index >= 15 is 0 Å². The lowest BCUT2D eigenvalue weighted by Gasteiger charge is -2.31. The highest BCUT2D eigenvalue weighted by molar-refractivity contribution is 4.85. The molecule has 0 aromatic rings. The summed E-state index contributed by atoms with van der Waals surface area (Å²) >= 11 is 0. The molecule has 1 saturated carbocycles. The number of hydrogen-bond donors (Lipinski definition) is 2. The van der Waals surface area contributed by atoms with Crippen LogP contribution in [-0.4, -0.2) is 47.8 Å². The first-order chi connectivity index (χ1) is 7.53. The van der Waals surface area contributed by atoms with Crippen LogP contribution < -0.4 is 5.32 Å². The van der Waals surface area contributed by atoms with E-state index in [9.17, 15) is 5.11 Å². The van der Waals surface area contributed by atoms with Gasteiger partial charge in [0.2, 0.25) is 0 Å². The van der Waals surface area contributed by atoms with Gasteiger partial charge in [-0.05, 0) is 52.0 Å². The number of rotatable bonds is 6. The molecule has 2 aliphatic rings. The molecule has 2 N–H and O–H groups in total. The van der Waals surface area contributed by atoms with E-state index in [1.54, 1.807) is 0 Å². The monoisotopic (exact) mass is 226 g/mol. The SMILES string of the molecule is CC(C)(O)CN(CC1CC1)CC1CCCN1. The van der Waals surface area contributed by atoms with Crippen LogP contribution in [0.5, 0.6) is 0 Å². The Labute approximate surface area is 99.2 Å². The van der Waals surface area contributed by atoms with Crippen molar-refractivity contribution in [2.45, 2.75) is 51.2 Å². The lowest BCUT2D eigenvalue weighted by molar-refractivity contribution is 0.0321. The van der Waals surface area contributed by atoms with Gasteiger partial charge in [0.15, 0.2) is 0 Å². The van der Waals surface area contributed by atoms with Crippen LogP contribution in [0.1, 0.15) is 39.5 Å². The molecule has 1 unspecified atom stereocenters. The zero-order valence-corrected chi connectivity index (χ0v) is 10.7. The summed E-state index contributed by atoms with van der Waals surface area (Å²) in [6.45, 7) is 8.10. The van der Waals surface area contributed by atoms with Crippen LogP contribution in [0.3, 0.4) is 0 Å². The van der Waals surface area contributed by atoms with Gasteiger partial charge in [0.25, 0.3) is 0 Å². The molecule has 2 rings (SSSR count). The van der Waals surface area contributed by atoms with Gasteiger partial charge < -0.3 is 10.4 Å². The van der Waals surface area contributed by atoms with Gasteiger partial charge in [0, 0.05) is 25.7 Å². The lowest BCUT2D eigenvalue weighted by Crippen LogP contribution is -2.45. The van der Waals surface area contributed by atoms with Gasteiger partial charge in [-0.3, -0.25) is 4.90 Å². The fraction of sp³-hybridized carbons (Fsp3) is 1.00. The molecule has 0 radical (unpaired) electrons. The maximum Gasteiger partial charge on any atom is 0.0718 e. The van der Waals surface area contributed by atoms with Crippen molar-refractivity contribution >= 4 is 0 Å². The van der Waals surface area contributed by atoms with Crippen LogP contribution >= 0.6 is 0 Å². The molecule has 0 bridgehead atoms. The summed E-state index contributed by atoms with van der Waals surface area (Å²) in [5, 5.41) is 13.5. The fourth-order valence-corrected chi connectivity index (χ4v) is 2.64. The zero-order chi connectivity index (χ0) is 11.6. The summed E-state index contributed by atoms with van der Waals surface area (Å²) in [6.07, 6.45) is 5.39. The van der Waals surface area contributed by atoms with Crippen molar-refractivity contribution in [1.29, 1.82) is 0 Å². The zero-order valence-electron chi connectivity index (χ0n) is 10.7. The highest BCUT2D eigenvalue weighted by atomic mass is 16.3. The van der Waals surface area contributed by atoms with Crippen LogP contribution in [0.15, 0.2) is 0 Å². The summed E-state index contributed by atoms with van der Waals surface area (Å²) in [4.78, 5) is 2.46. The number of nitrogens with one attached hydrogen (secondary N) is 1. The Kier molecular flexibility index (Phi) is 3.88. The maximum atomic E-state index is 9.93. The molecule has 1 atom stereocenters. The molecule has 0 amide bonds. The summed E-state index contributed by atoms with van der Waals surface area (Å²) in [7, 11) is 0. The Bertz CT molecular complexity index is 214. The molecule has 16 heavy (non-hydrogen) atoms. The van der Waals surface area contributed by atoms with Crippen LogP contribution in [0.25, 0.3) is 0 Å². The van der Waals surface area contributed by atoms with Gasteiger partial charge in [-0.1, -0.05) is 0 Å². The van der Waals surface area contributed by atoms with Gasteiger partial charge in [-0.15, -0.1) is 0 Å². The number of hydrogen-bond acceptors (Lipinski definition) is 3. The van der Waals surface area contributed by atoms with E-state index in [0.717, 1.165) is 19.0 Å². The van der Waals surface area contributed by atoms with Gasteiger partial charge in [0.05, 0.1) is 5.60 Å². The van der Waals surface area contributed by atoms with E-state index in [2.05, 4.69) is 10.2 Å². The van der Waals surface area contributed by atoms with Crippen molar-refractivity contribution in [2.24, 2.45) is 5.92 Å². The highest BCUT2D eigenvalue weighted by Gasteiger charge is 2.29. The minimum Gasteiger partial charge on any atom is -0.389 e. The van der Waals surface area contributed by atoms with Crippen molar-refractivity contribution in [3.8, 4) is 0 Å². The molecule has 0 spiro atoms. The molecular weight excluding hydrogens is 200 g/mol. The average molecular weight is 226 g/mol. The Morgan fingerprint density at radius 2 is 2.00 bits per heavy atom. The molecule has 1 heterocycles. The van der Waals surface area contributed by atoms with E-state index in [1.165, 1.54) is 38.8 Å². The Hall–Kier alpha value is -0.120. The fourth-order valence-electron chi connectivity index (χ4n) is 2.64. The van der Waals surface area contributed by atoms with Crippen molar-refractivity contribution in [2.75, 3.05) is 26.2 Å². The topological polar surface area (TPSA) is 35.5 Å². The largest absolute Gasteiger partial charge is 0.389 e. The van der Waals surface area contributed by atoms with Crippen molar-refractivity contribution in [3.05, 3.63) is 0 Å². The molecule has 3 heteroatoms. The number of aliphatic hydroxyl groups is 1. The normalized spacial score (nSPS) is 26.6. The van der Waals surface area contributed by atoms with Crippen molar-refractivity contribution in [1.82, 2.24) is 10.2 Å².